The van der Waals surface area contributed by atoms with E-state index in [1.54, 1.807) is 6.20 Å². The van der Waals surface area contributed by atoms with Crippen LogP contribution in [-0.4, -0.2) is 36.3 Å². The Bertz CT molecular complexity index is 593. The van der Waals surface area contributed by atoms with E-state index >= 15 is 0 Å². The van der Waals surface area contributed by atoms with Crippen LogP contribution in [-0.2, 0) is 4.74 Å². The number of nitrogens with two attached hydrogens (primary N) is 1. The van der Waals surface area contributed by atoms with E-state index in [2.05, 4.69) is 31.3 Å². The second-order valence-corrected chi connectivity index (χ2v) is 5.38. The summed E-state index contributed by atoms with van der Waals surface area (Å²) in [7, 11) is 0. The van der Waals surface area contributed by atoms with Crippen LogP contribution in [0.1, 0.15) is 0 Å². The van der Waals surface area contributed by atoms with E-state index in [1.165, 1.54) is 0 Å². The van der Waals surface area contributed by atoms with E-state index in [-0.39, 0.29) is 0 Å². The molecule has 1 aliphatic rings. The Labute approximate surface area is 119 Å². The molecular weight excluding hydrogens is 308 g/mol. The van der Waals surface area contributed by atoms with Crippen molar-refractivity contribution in [3.05, 3.63) is 28.9 Å². The van der Waals surface area contributed by atoms with Crippen LogP contribution < -0.4 is 11.2 Å². The number of nitrogen functional groups attached to an aromatic ring is 1. The van der Waals surface area contributed by atoms with E-state index in [0.29, 0.717) is 5.69 Å². The molecule has 3 rings (SSSR count). The molecule has 5 nitrogen and oxygen atoms in total. The summed E-state index contributed by atoms with van der Waals surface area (Å²) in [5.74, 6) is 0. The van der Waals surface area contributed by atoms with Crippen molar-refractivity contribution in [3.63, 3.8) is 0 Å². The fraction of sp³-hybridized carbons (Fsp3) is 0.308. The molecule has 1 aromatic carbocycles. The Hall–Kier alpha value is -1.37. The first-order valence-corrected chi connectivity index (χ1v) is 6.96. The first-order chi connectivity index (χ1) is 9.24. The minimum atomic E-state index is 0.650. The van der Waals surface area contributed by atoms with Crippen molar-refractivity contribution in [1.29, 1.82) is 0 Å². The monoisotopic (exact) mass is 322 g/mol. The number of morpholine rings is 1. The van der Waals surface area contributed by atoms with Crippen molar-refractivity contribution in [2.24, 2.45) is 0 Å². The quantitative estimate of drug-likeness (QED) is 0.887. The number of rotatable bonds is 2. The molecule has 0 spiro atoms. The van der Waals surface area contributed by atoms with Crippen LogP contribution in [0.15, 0.2) is 28.9 Å². The lowest BCUT2D eigenvalue weighted by Gasteiger charge is -2.29. The second kappa shape index (κ2) is 5.32. The normalized spacial score (nSPS) is 16.7. The smallest absolute Gasteiger partial charge is 0.0831 e. The average molecular weight is 323 g/mol. The summed E-state index contributed by atoms with van der Waals surface area (Å²) in [4.78, 5) is 4.35. The van der Waals surface area contributed by atoms with Crippen LogP contribution in [0.3, 0.4) is 0 Å². The summed E-state index contributed by atoms with van der Waals surface area (Å²) >= 11 is 3.49. The number of anilines is 2. The lowest BCUT2D eigenvalue weighted by Crippen LogP contribution is -2.40. The molecule has 3 N–H and O–H groups in total. The third kappa shape index (κ3) is 2.65. The third-order valence-electron chi connectivity index (χ3n) is 3.14. The van der Waals surface area contributed by atoms with Gasteiger partial charge in [-0.2, -0.15) is 0 Å². The zero-order chi connectivity index (χ0) is 13.2. The number of hydrogen-bond donors (Lipinski definition) is 2. The minimum Gasteiger partial charge on any atom is -0.396 e. The second-order valence-electron chi connectivity index (χ2n) is 4.46. The lowest BCUT2D eigenvalue weighted by atomic mass is 10.1. The molecule has 19 heavy (non-hydrogen) atoms. The highest BCUT2D eigenvalue weighted by Gasteiger charge is 2.14. The van der Waals surface area contributed by atoms with Crippen molar-refractivity contribution in [1.82, 2.24) is 9.99 Å². The summed E-state index contributed by atoms with van der Waals surface area (Å²) in [6.07, 6.45) is 1.69. The predicted octanol–water partition coefficient (Wildman–Crippen LogP) is 2.24. The summed E-state index contributed by atoms with van der Waals surface area (Å²) < 4.78 is 6.35. The van der Waals surface area contributed by atoms with E-state index in [9.17, 15) is 0 Å². The van der Waals surface area contributed by atoms with Gasteiger partial charge in [-0.1, -0.05) is 15.9 Å². The Morgan fingerprint density at radius 1 is 1.32 bits per heavy atom. The van der Waals surface area contributed by atoms with Crippen LogP contribution in [0.5, 0.6) is 0 Å². The SMILES string of the molecule is Nc1cnc2ccc(Br)cc2c1NN1CCOCC1. The molecule has 0 amide bonds. The largest absolute Gasteiger partial charge is 0.396 e. The highest BCUT2D eigenvalue weighted by molar-refractivity contribution is 9.10. The molecule has 0 bridgehead atoms. The summed E-state index contributed by atoms with van der Waals surface area (Å²) in [6.45, 7) is 3.16. The van der Waals surface area contributed by atoms with Crippen LogP contribution in [0, 0.1) is 0 Å². The van der Waals surface area contributed by atoms with Crippen molar-refractivity contribution in [2.45, 2.75) is 0 Å². The molecule has 100 valence electrons. The van der Waals surface area contributed by atoms with Gasteiger partial charge in [-0.25, -0.2) is 5.01 Å². The van der Waals surface area contributed by atoms with Crippen LogP contribution >= 0.6 is 15.9 Å². The van der Waals surface area contributed by atoms with E-state index in [1.807, 2.05) is 18.2 Å². The van der Waals surface area contributed by atoms with Crippen molar-refractivity contribution >= 4 is 38.2 Å². The molecule has 1 saturated heterocycles. The van der Waals surface area contributed by atoms with Crippen LogP contribution in [0.25, 0.3) is 10.9 Å². The molecule has 0 radical (unpaired) electrons. The van der Waals surface area contributed by atoms with Gasteiger partial charge in [0, 0.05) is 22.9 Å². The predicted molar refractivity (Wildman–Crippen MR) is 79.9 cm³/mol. The van der Waals surface area contributed by atoms with Gasteiger partial charge in [-0.05, 0) is 18.2 Å². The number of benzene rings is 1. The summed E-state index contributed by atoms with van der Waals surface area (Å²) in [5, 5.41) is 3.14. The number of pyridine rings is 1. The number of halogens is 1. The number of fused-ring (bicyclic) bond motifs is 1. The first kappa shape index (κ1) is 12.7. The minimum absolute atomic E-state index is 0.650. The third-order valence-corrected chi connectivity index (χ3v) is 3.63. The maximum atomic E-state index is 6.06. The van der Waals surface area contributed by atoms with Gasteiger partial charge in [0.2, 0.25) is 0 Å². The number of nitrogens with zero attached hydrogens (tertiary/aromatic N) is 2. The van der Waals surface area contributed by atoms with Gasteiger partial charge in [-0.3, -0.25) is 4.98 Å². The van der Waals surface area contributed by atoms with Gasteiger partial charge >= 0.3 is 0 Å². The molecule has 0 saturated carbocycles. The fourth-order valence-corrected chi connectivity index (χ4v) is 2.50. The standard InChI is InChI=1S/C13H15BrN4O/c14-9-1-2-12-10(7-9)13(11(15)8-16-12)17-18-3-5-19-6-4-18/h1-2,7-8H,3-6,15H2,(H,16,17). The molecule has 0 unspecified atom stereocenters. The Morgan fingerprint density at radius 3 is 2.89 bits per heavy atom. The molecular formula is C13H15BrN4O. The Balaban J connectivity index is 2.00. The zero-order valence-electron chi connectivity index (χ0n) is 10.4. The maximum absolute atomic E-state index is 6.06. The van der Waals surface area contributed by atoms with Crippen molar-refractivity contribution in [2.75, 3.05) is 37.5 Å². The molecule has 1 aromatic heterocycles. The molecule has 0 atom stereocenters. The Morgan fingerprint density at radius 2 is 2.11 bits per heavy atom. The van der Waals surface area contributed by atoms with Gasteiger partial charge < -0.3 is 15.9 Å². The average Bonchev–Trinajstić information content (AvgIpc) is 2.43. The fourth-order valence-electron chi connectivity index (χ4n) is 2.14. The molecule has 0 aliphatic carbocycles. The molecule has 1 fully saturated rings. The maximum Gasteiger partial charge on any atom is 0.0831 e. The zero-order valence-corrected chi connectivity index (χ0v) is 12.0. The first-order valence-electron chi connectivity index (χ1n) is 6.17. The molecule has 2 heterocycles. The number of nitrogens with one attached hydrogen (secondary N) is 1. The van der Waals surface area contributed by atoms with Gasteiger partial charge in [-0.15, -0.1) is 0 Å². The highest BCUT2D eigenvalue weighted by atomic mass is 79.9. The number of aromatic nitrogens is 1. The van der Waals surface area contributed by atoms with E-state index < -0.39 is 0 Å². The van der Waals surface area contributed by atoms with Gasteiger partial charge in [0.1, 0.15) is 0 Å². The van der Waals surface area contributed by atoms with Crippen LogP contribution in [0.2, 0.25) is 0 Å². The van der Waals surface area contributed by atoms with Gasteiger partial charge in [0.05, 0.1) is 36.3 Å². The number of ether oxygens (including phenoxy) is 1. The van der Waals surface area contributed by atoms with Crippen molar-refractivity contribution in [3.8, 4) is 0 Å². The highest BCUT2D eigenvalue weighted by Crippen LogP contribution is 2.30. The van der Waals surface area contributed by atoms with Crippen LogP contribution in [0.4, 0.5) is 11.4 Å². The summed E-state index contributed by atoms with van der Waals surface area (Å²) in [5.41, 5.74) is 11.9. The van der Waals surface area contributed by atoms with Crippen molar-refractivity contribution < 1.29 is 4.74 Å². The van der Waals surface area contributed by atoms with Gasteiger partial charge in [0.25, 0.3) is 0 Å². The molecule has 1 aliphatic heterocycles. The lowest BCUT2D eigenvalue weighted by molar-refractivity contribution is 0.0498. The van der Waals surface area contributed by atoms with Gasteiger partial charge in [0.15, 0.2) is 0 Å². The Kier molecular flexibility index (Phi) is 3.54. The molecule has 2 aromatic rings. The van der Waals surface area contributed by atoms with E-state index in [0.717, 1.165) is 47.4 Å². The number of hydrazine groups is 1. The van der Waals surface area contributed by atoms with E-state index in [4.69, 9.17) is 10.5 Å². The molecule has 6 heteroatoms. The number of hydrogen-bond acceptors (Lipinski definition) is 5. The summed E-state index contributed by atoms with van der Waals surface area (Å²) in [6, 6.07) is 5.98. The topological polar surface area (TPSA) is 63.4 Å².